The highest BCUT2D eigenvalue weighted by Crippen LogP contribution is 2.29. The molecule has 132 valence electrons. The van der Waals surface area contributed by atoms with E-state index in [9.17, 15) is 19.7 Å². The fourth-order valence-electron chi connectivity index (χ4n) is 1.78. The predicted octanol–water partition coefficient (Wildman–Crippen LogP) is 1.90. The third-order valence-electron chi connectivity index (χ3n) is 2.91. The first-order chi connectivity index (χ1) is 11.5. The third-order valence-corrected chi connectivity index (χ3v) is 2.91. The Morgan fingerprint density at radius 3 is 2.67 bits per heavy atom. The highest BCUT2D eigenvalue weighted by Gasteiger charge is 2.15. The average molecular weight is 340 g/mol. The van der Waals surface area contributed by atoms with Crippen LogP contribution in [0.15, 0.2) is 18.2 Å². The van der Waals surface area contributed by atoms with Gasteiger partial charge in [-0.1, -0.05) is 0 Å². The summed E-state index contributed by atoms with van der Waals surface area (Å²) < 4.78 is 14.7. The normalized spacial score (nSPS) is 9.92. The number of ether oxygens (including phenoxy) is 3. The second-order valence-electron chi connectivity index (χ2n) is 4.62. The van der Waals surface area contributed by atoms with Crippen LogP contribution >= 0.6 is 0 Å². The number of hydrogen-bond donors (Lipinski definition) is 1. The van der Waals surface area contributed by atoms with E-state index < -0.39 is 10.9 Å². The molecule has 24 heavy (non-hydrogen) atoms. The summed E-state index contributed by atoms with van der Waals surface area (Å²) in [7, 11) is 1.22. The minimum Gasteiger partial charge on any atom is -0.493 e. The van der Waals surface area contributed by atoms with Gasteiger partial charge in [-0.2, -0.15) is 0 Å². The van der Waals surface area contributed by atoms with Crippen molar-refractivity contribution in [2.24, 2.45) is 0 Å². The maximum absolute atomic E-state index is 11.2. The first kappa shape index (κ1) is 19.2. The number of carbonyl (C=O) groups is 2. The van der Waals surface area contributed by atoms with Gasteiger partial charge in [-0.05, 0) is 19.4 Å². The Labute approximate surface area is 139 Å². The van der Waals surface area contributed by atoms with Gasteiger partial charge in [0, 0.05) is 18.6 Å². The van der Waals surface area contributed by atoms with Gasteiger partial charge >= 0.3 is 11.9 Å². The molecule has 0 aliphatic rings. The Balaban J connectivity index is 2.63. The number of esters is 2. The summed E-state index contributed by atoms with van der Waals surface area (Å²) in [6.45, 7) is 2.11. The van der Waals surface area contributed by atoms with E-state index in [4.69, 9.17) is 9.47 Å². The molecule has 0 fully saturated rings. The second-order valence-corrected chi connectivity index (χ2v) is 4.62. The maximum atomic E-state index is 11.2. The molecule has 0 spiro atoms. The molecule has 0 saturated carbocycles. The molecule has 1 rings (SSSR count). The van der Waals surface area contributed by atoms with E-state index >= 15 is 0 Å². The van der Waals surface area contributed by atoms with Gasteiger partial charge in [0.25, 0.3) is 5.69 Å². The van der Waals surface area contributed by atoms with E-state index in [1.165, 1.54) is 25.3 Å². The Morgan fingerprint density at radius 2 is 2.04 bits per heavy atom. The maximum Gasteiger partial charge on any atom is 0.325 e. The quantitative estimate of drug-likeness (QED) is 0.297. The monoisotopic (exact) mass is 340 g/mol. The molecule has 0 radical (unpaired) electrons. The molecule has 0 unspecified atom stereocenters. The number of rotatable bonds is 10. The fourth-order valence-corrected chi connectivity index (χ4v) is 1.78. The Hall–Kier alpha value is -2.84. The lowest BCUT2D eigenvalue weighted by atomic mass is 10.2. The lowest BCUT2D eigenvalue weighted by Crippen LogP contribution is -2.15. The predicted molar refractivity (Wildman–Crippen MR) is 85.0 cm³/mol. The summed E-state index contributed by atoms with van der Waals surface area (Å²) in [5, 5.41) is 13.6. The van der Waals surface area contributed by atoms with Crippen LogP contribution in [0.1, 0.15) is 19.8 Å². The molecule has 0 atom stereocenters. The number of nitrogens with one attached hydrogen (secondary N) is 1. The van der Waals surface area contributed by atoms with Crippen molar-refractivity contribution in [2.75, 3.05) is 32.2 Å². The van der Waals surface area contributed by atoms with Crippen LogP contribution in [0.2, 0.25) is 0 Å². The fraction of sp³-hybridized carbons (Fsp3) is 0.467. The number of hydrogen-bond acceptors (Lipinski definition) is 8. The zero-order valence-electron chi connectivity index (χ0n) is 13.6. The number of anilines is 1. The molecule has 1 aromatic rings. The number of methoxy groups -OCH3 is 1. The van der Waals surface area contributed by atoms with Crippen LogP contribution < -0.4 is 10.1 Å². The van der Waals surface area contributed by atoms with Crippen molar-refractivity contribution in [3.63, 3.8) is 0 Å². The third kappa shape index (κ3) is 6.51. The van der Waals surface area contributed by atoms with Gasteiger partial charge in [0.05, 0.1) is 25.2 Å². The van der Waals surface area contributed by atoms with Crippen molar-refractivity contribution in [3.8, 4) is 5.75 Å². The molecule has 0 aliphatic carbocycles. The van der Waals surface area contributed by atoms with E-state index in [1.807, 2.05) is 0 Å². The molecule has 9 heteroatoms. The molecule has 0 saturated heterocycles. The van der Waals surface area contributed by atoms with Gasteiger partial charge in [0.1, 0.15) is 18.0 Å². The van der Waals surface area contributed by atoms with Crippen molar-refractivity contribution in [3.05, 3.63) is 28.3 Å². The van der Waals surface area contributed by atoms with Crippen LogP contribution in [-0.4, -0.2) is 43.7 Å². The lowest BCUT2D eigenvalue weighted by Gasteiger charge is -2.10. The topological polar surface area (TPSA) is 117 Å². The minimum absolute atomic E-state index is 0.147. The van der Waals surface area contributed by atoms with Crippen LogP contribution in [-0.2, 0) is 19.1 Å². The molecule has 0 bridgehead atoms. The number of nitrogens with zero attached hydrogens (tertiary/aromatic N) is 1. The summed E-state index contributed by atoms with van der Waals surface area (Å²) in [6.07, 6.45) is 0.689. The van der Waals surface area contributed by atoms with Crippen molar-refractivity contribution in [1.29, 1.82) is 0 Å². The van der Waals surface area contributed by atoms with Gasteiger partial charge in [0.2, 0.25) is 0 Å². The molecule has 1 aromatic carbocycles. The molecule has 0 heterocycles. The zero-order valence-corrected chi connectivity index (χ0v) is 13.6. The zero-order chi connectivity index (χ0) is 17.9. The van der Waals surface area contributed by atoms with E-state index in [-0.39, 0.29) is 36.9 Å². The van der Waals surface area contributed by atoms with Gasteiger partial charge in [-0.15, -0.1) is 0 Å². The van der Waals surface area contributed by atoms with Gasteiger partial charge in [-0.3, -0.25) is 19.7 Å². The van der Waals surface area contributed by atoms with Crippen LogP contribution in [0.5, 0.6) is 5.75 Å². The molecule has 0 amide bonds. The van der Waals surface area contributed by atoms with Crippen molar-refractivity contribution < 1.29 is 28.7 Å². The van der Waals surface area contributed by atoms with Crippen LogP contribution in [0, 0.1) is 10.1 Å². The Bertz CT molecular complexity index is 589. The van der Waals surface area contributed by atoms with Gasteiger partial charge in [-0.25, -0.2) is 0 Å². The summed E-state index contributed by atoms with van der Waals surface area (Å²) in [5.74, 6) is -0.466. The lowest BCUT2D eigenvalue weighted by molar-refractivity contribution is -0.384. The number of nitro benzene ring substituents is 1. The van der Waals surface area contributed by atoms with E-state index in [1.54, 1.807) is 6.92 Å². The molecular formula is C15H20N2O7. The number of nitro groups is 1. The molecule has 0 aromatic heterocycles. The van der Waals surface area contributed by atoms with E-state index in [0.717, 1.165) is 0 Å². The number of carbonyl (C=O) groups excluding carboxylic acids is 2. The SMILES string of the molecule is CCOC(=O)CCCOc1ccc([N+](=O)[O-])c(NCC(=O)OC)c1. The molecule has 9 nitrogen and oxygen atoms in total. The molecule has 1 N–H and O–H groups in total. The summed E-state index contributed by atoms with van der Waals surface area (Å²) in [5.41, 5.74) is -0.0360. The largest absolute Gasteiger partial charge is 0.493 e. The van der Waals surface area contributed by atoms with E-state index in [0.29, 0.717) is 18.8 Å². The van der Waals surface area contributed by atoms with Crippen molar-refractivity contribution in [2.45, 2.75) is 19.8 Å². The van der Waals surface area contributed by atoms with Gasteiger partial charge in [0.15, 0.2) is 0 Å². The Morgan fingerprint density at radius 1 is 1.29 bits per heavy atom. The van der Waals surface area contributed by atoms with E-state index in [2.05, 4.69) is 10.1 Å². The molecule has 0 aliphatic heterocycles. The first-order valence-corrected chi connectivity index (χ1v) is 7.35. The highest BCUT2D eigenvalue weighted by atomic mass is 16.6. The first-order valence-electron chi connectivity index (χ1n) is 7.35. The second kappa shape index (κ2) is 10.0. The summed E-state index contributed by atoms with van der Waals surface area (Å²) >= 11 is 0. The standard InChI is InChI=1S/C15H20N2O7/c1-3-23-14(18)5-4-8-24-11-6-7-13(17(20)21)12(9-11)16-10-15(19)22-2/h6-7,9,16H,3-5,8,10H2,1-2H3. The van der Waals surface area contributed by atoms with Crippen molar-refractivity contribution in [1.82, 2.24) is 0 Å². The Kier molecular flexibility index (Phi) is 8.03. The van der Waals surface area contributed by atoms with Crippen LogP contribution in [0.3, 0.4) is 0 Å². The smallest absolute Gasteiger partial charge is 0.325 e. The average Bonchev–Trinajstić information content (AvgIpc) is 2.56. The highest BCUT2D eigenvalue weighted by molar-refractivity contribution is 5.77. The van der Waals surface area contributed by atoms with Crippen LogP contribution in [0.4, 0.5) is 11.4 Å². The molecular weight excluding hydrogens is 320 g/mol. The number of benzene rings is 1. The summed E-state index contributed by atoms with van der Waals surface area (Å²) in [6, 6.07) is 4.15. The summed E-state index contributed by atoms with van der Waals surface area (Å²) in [4.78, 5) is 32.8. The van der Waals surface area contributed by atoms with Crippen LogP contribution in [0.25, 0.3) is 0 Å². The van der Waals surface area contributed by atoms with Crippen molar-refractivity contribution >= 4 is 23.3 Å². The minimum atomic E-state index is -0.565. The van der Waals surface area contributed by atoms with Gasteiger partial charge < -0.3 is 19.5 Å².